The first-order chi connectivity index (χ1) is 12.1. The molecule has 1 N–H and O–H groups in total. The Hall–Kier alpha value is -3.17. The molecule has 0 fully saturated rings. The molecule has 25 heavy (non-hydrogen) atoms. The Balaban J connectivity index is 1.71. The van der Waals surface area contributed by atoms with Crippen LogP contribution in [-0.2, 0) is 6.54 Å². The summed E-state index contributed by atoms with van der Waals surface area (Å²) in [4.78, 5) is 12.2. The molecular formula is C18H12ClFN4O. The van der Waals surface area contributed by atoms with E-state index in [1.165, 1.54) is 23.0 Å². The molecule has 0 radical (unpaired) electrons. The molecule has 0 aliphatic carbocycles. The molecule has 0 spiro atoms. The lowest BCUT2D eigenvalue weighted by Crippen LogP contribution is -2.23. The molecule has 0 aliphatic heterocycles. The van der Waals surface area contributed by atoms with Crippen molar-refractivity contribution in [1.29, 1.82) is 5.26 Å². The number of nitrogens with zero attached hydrogens (tertiary/aromatic N) is 3. The molecule has 0 unspecified atom stereocenters. The minimum absolute atomic E-state index is 0.00759. The Labute approximate surface area is 148 Å². The number of carbonyl (C=O) groups excluding carboxylic acids is 1. The average molecular weight is 355 g/mol. The fourth-order valence-corrected chi connectivity index (χ4v) is 2.47. The molecule has 1 aromatic heterocycles. The highest BCUT2D eigenvalue weighted by molar-refractivity contribution is 6.32. The summed E-state index contributed by atoms with van der Waals surface area (Å²) in [6, 6.07) is 13.1. The lowest BCUT2D eigenvalue weighted by Gasteiger charge is -2.05. The SMILES string of the molecule is N#Cc1ccc(CNC(=O)c2cnn(-c3ccccc3Cl)c2)c(F)c1. The Kier molecular flexibility index (Phi) is 4.78. The van der Waals surface area contributed by atoms with Crippen molar-refractivity contribution >= 4 is 17.5 Å². The zero-order chi connectivity index (χ0) is 17.8. The number of nitrogens with one attached hydrogen (secondary N) is 1. The first kappa shape index (κ1) is 16.7. The Morgan fingerprint density at radius 1 is 1.32 bits per heavy atom. The Morgan fingerprint density at radius 3 is 2.84 bits per heavy atom. The number of halogens is 2. The molecule has 0 saturated carbocycles. The van der Waals surface area contributed by atoms with Gasteiger partial charge in [0, 0.05) is 18.3 Å². The third-order valence-electron chi connectivity index (χ3n) is 3.57. The van der Waals surface area contributed by atoms with Crippen molar-refractivity contribution in [2.24, 2.45) is 0 Å². The van der Waals surface area contributed by atoms with Crippen molar-refractivity contribution < 1.29 is 9.18 Å². The van der Waals surface area contributed by atoms with Crippen LogP contribution in [0.3, 0.4) is 0 Å². The molecule has 0 saturated heterocycles. The van der Waals surface area contributed by atoms with E-state index >= 15 is 0 Å². The second kappa shape index (κ2) is 7.16. The van der Waals surface area contributed by atoms with Gasteiger partial charge in [0.15, 0.2) is 0 Å². The van der Waals surface area contributed by atoms with Crippen molar-refractivity contribution in [2.45, 2.75) is 6.54 Å². The second-order valence-electron chi connectivity index (χ2n) is 5.23. The monoisotopic (exact) mass is 354 g/mol. The van der Waals surface area contributed by atoms with Crippen LogP contribution in [-0.4, -0.2) is 15.7 Å². The van der Waals surface area contributed by atoms with Gasteiger partial charge in [-0.1, -0.05) is 29.8 Å². The largest absolute Gasteiger partial charge is 0.348 e. The van der Waals surface area contributed by atoms with Gasteiger partial charge < -0.3 is 5.32 Å². The van der Waals surface area contributed by atoms with Crippen LogP contribution in [0, 0.1) is 17.1 Å². The number of rotatable bonds is 4. The molecule has 0 aliphatic rings. The molecular weight excluding hydrogens is 343 g/mol. The fourth-order valence-electron chi connectivity index (χ4n) is 2.25. The van der Waals surface area contributed by atoms with Gasteiger partial charge in [-0.2, -0.15) is 10.4 Å². The van der Waals surface area contributed by atoms with Gasteiger partial charge in [-0.05, 0) is 24.3 Å². The van der Waals surface area contributed by atoms with Gasteiger partial charge in [0.2, 0.25) is 0 Å². The van der Waals surface area contributed by atoms with Crippen LogP contribution in [0.15, 0.2) is 54.9 Å². The number of amides is 1. The summed E-state index contributed by atoms with van der Waals surface area (Å²) < 4.78 is 15.3. The quantitative estimate of drug-likeness (QED) is 0.779. The van der Waals surface area contributed by atoms with Gasteiger partial charge in [-0.25, -0.2) is 9.07 Å². The van der Waals surface area contributed by atoms with Crippen molar-refractivity contribution in [1.82, 2.24) is 15.1 Å². The summed E-state index contributed by atoms with van der Waals surface area (Å²) in [7, 11) is 0. The van der Waals surface area contributed by atoms with Gasteiger partial charge in [0.1, 0.15) is 5.82 Å². The summed E-state index contributed by atoms with van der Waals surface area (Å²) in [5.74, 6) is -0.923. The first-order valence-corrected chi connectivity index (χ1v) is 7.72. The zero-order valence-corrected chi connectivity index (χ0v) is 13.7. The fraction of sp³-hybridized carbons (Fsp3) is 0.0556. The Bertz CT molecular complexity index is 977. The van der Waals surface area contributed by atoms with Gasteiger partial charge in [-0.15, -0.1) is 0 Å². The van der Waals surface area contributed by atoms with Crippen LogP contribution < -0.4 is 5.32 Å². The maximum absolute atomic E-state index is 13.8. The van der Waals surface area contributed by atoms with Crippen LogP contribution in [0.4, 0.5) is 4.39 Å². The van der Waals surface area contributed by atoms with Crippen molar-refractivity contribution in [3.8, 4) is 11.8 Å². The van der Waals surface area contributed by atoms with Crippen LogP contribution >= 0.6 is 11.6 Å². The first-order valence-electron chi connectivity index (χ1n) is 7.35. The van der Waals surface area contributed by atoms with E-state index in [4.69, 9.17) is 16.9 Å². The van der Waals surface area contributed by atoms with Crippen LogP contribution in [0.2, 0.25) is 5.02 Å². The molecule has 5 nitrogen and oxygen atoms in total. The number of carbonyl (C=O) groups is 1. The van der Waals surface area contributed by atoms with Gasteiger partial charge in [0.05, 0.1) is 34.1 Å². The van der Waals surface area contributed by atoms with Crippen LogP contribution in [0.25, 0.3) is 5.69 Å². The van der Waals surface area contributed by atoms with E-state index in [0.29, 0.717) is 21.8 Å². The highest BCUT2D eigenvalue weighted by Gasteiger charge is 2.12. The molecule has 2 aromatic carbocycles. The maximum atomic E-state index is 13.8. The summed E-state index contributed by atoms with van der Waals surface area (Å²) >= 11 is 6.10. The molecule has 124 valence electrons. The van der Waals surface area contributed by atoms with E-state index in [1.54, 1.807) is 24.4 Å². The smallest absolute Gasteiger partial charge is 0.254 e. The normalized spacial score (nSPS) is 10.3. The summed E-state index contributed by atoms with van der Waals surface area (Å²) in [5.41, 5.74) is 1.51. The van der Waals surface area contributed by atoms with Gasteiger partial charge in [0.25, 0.3) is 5.91 Å². The molecule has 0 atom stereocenters. The molecule has 1 amide bonds. The van der Waals surface area contributed by atoms with E-state index in [2.05, 4.69) is 10.4 Å². The van der Waals surface area contributed by atoms with Crippen molar-refractivity contribution in [3.63, 3.8) is 0 Å². The van der Waals surface area contributed by atoms with E-state index in [0.717, 1.165) is 6.07 Å². The topological polar surface area (TPSA) is 70.7 Å². The number of nitriles is 1. The molecule has 3 aromatic rings. The highest BCUT2D eigenvalue weighted by Crippen LogP contribution is 2.19. The summed E-state index contributed by atoms with van der Waals surface area (Å²) in [6.45, 7) is 0.00759. The zero-order valence-electron chi connectivity index (χ0n) is 12.9. The number of para-hydroxylation sites is 1. The lowest BCUT2D eigenvalue weighted by atomic mass is 10.1. The number of hydrogen-bond donors (Lipinski definition) is 1. The van der Waals surface area contributed by atoms with Crippen molar-refractivity contribution in [3.05, 3.63) is 82.4 Å². The second-order valence-corrected chi connectivity index (χ2v) is 5.63. The summed E-state index contributed by atoms with van der Waals surface area (Å²) in [6.07, 6.45) is 2.96. The van der Waals surface area contributed by atoms with Gasteiger partial charge in [-0.3, -0.25) is 4.79 Å². The third kappa shape index (κ3) is 3.67. The molecule has 0 bridgehead atoms. The lowest BCUT2D eigenvalue weighted by molar-refractivity contribution is 0.0950. The summed E-state index contributed by atoms with van der Waals surface area (Å²) in [5, 5.41) is 16.0. The minimum Gasteiger partial charge on any atom is -0.348 e. The standard InChI is InChI=1S/C18H12ClFN4O/c19-15-3-1-2-4-17(15)24-11-14(10-23-24)18(25)22-9-13-6-5-12(8-21)7-16(13)20/h1-7,10-11H,9H2,(H,22,25). The van der Waals surface area contributed by atoms with E-state index in [-0.39, 0.29) is 18.0 Å². The van der Waals surface area contributed by atoms with E-state index in [1.807, 2.05) is 12.1 Å². The van der Waals surface area contributed by atoms with E-state index < -0.39 is 5.82 Å². The average Bonchev–Trinajstić information content (AvgIpc) is 3.10. The predicted octanol–water partition coefficient (Wildman–Crippen LogP) is 3.47. The number of aromatic nitrogens is 2. The van der Waals surface area contributed by atoms with Crippen LogP contribution in [0.5, 0.6) is 0 Å². The molecule has 7 heteroatoms. The minimum atomic E-state index is -0.536. The Morgan fingerprint density at radius 2 is 2.12 bits per heavy atom. The number of hydrogen-bond acceptors (Lipinski definition) is 3. The van der Waals surface area contributed by atoms with Crippen molar-refractivity contribution in [2.75, 3.05) is 0 Å². The number of benzene rings is 2. The van der Waals surface area contributed by atoms with E-state index in [9.17, 15) is 9.18 Å². The highest BCUT2D eigenvalue weighted by atomic mass is 35.5. The molecule has 3 rings (SSSR count). The third-order valence-corrected chi connectivity index (χ3v) is 3.89. The molecule has 1 heterocycles. The predicted molar refractivity (Wildman–Crippen MR) is 90.9 cm³/mol. The maximum Gasteiger partial charge on any atom is 0.254 e. The van der Waals surface area contributed by atoms with Gasteiger partial charge >= 0.3 is 0 Å². The van der Waals surface area contributed by atoms with Crippen LogP contribution in [0.1, 0.15) is 21.5 Å².